The zero-order valence-electron chi connectivity index (χ0n) is 11.0. The van der Waals surface area contributed by atoms with Gasteiger partial charge >= 0.3 is 0 Å². The van der Waals surface area contributed by atoms with Crippen molar-refractivity contribution in [2.45, 2.75) is 44.9 Å². The second-order valence-corrected chi connectivity index (χ2v) is 6.00. The normalized spacial score (nSPS) is 10.8. The summed E-state index contributed by atoms with van der Waals surface area (Å²) in [7, 11) is 0. The topological polar surface area (TPSA) is 17.1 Å². The van der Waals surface area contributed by atoms with Crippen LogP contribution in [-0.4, -0.2) is 11.5 Å². The van der Waals surface area contributed by atoms with Crippen molar-refractivity contribution in [1.29, 1.82) is 0 Å². The van der Waals surface area contributed by atoms with E-state index in [0.717, 1.165) is 24.2 Å². The van der Waals surface area contributed by atoms with Crippen LogP contribution in [0.25, 0.3) is 0 Å². The molecule has 0 spiro atoms. The van der Waals surface area contributed by atoms with Gasteiger partial charge in [-0.3, -0.25) is 4.79 Å². The van der Waals surface area contributed by atoms with Crippen LogP contribution < -0.4 is 0 Å². The molecule has 0 aliphatic heterocycles. The van der Waals surface area contributed by atoms with E-state index in [1.807, 2.05) is 24.3 Å². The molecule has 1 aromatic rings. The van der Waals surface area contributed by atoms with Gasteiger partial charge in [-0.05, 0) is 30.2 Å². The fourth-order valence-corrected chi connectivity index (χ4v) is 2.38. The number of Topliss-reactive ketones (excluding diaryl/α,β-unsaturated/α-hetero) is 1. The minimum Gasteiger partial charge on any atom is -0.294 e. The highest BCUT2D eigenvalue weighted by molar-refractivity contribution is 7.99. The summed E-state index contributed by atoms with van der Waals surface area (Å²) >= 11 is 1.81. The fourth-order valence-electron chi connectivity index (χ4n) is 1.72. The minimum absolute atomic E-state index is 0.277. The summed E-state index contributed by atoms with van der Waals surface area (Å²) < 4.78 is 0. The van der Waals surface area contributed by atoms with Gasteiger partial charge in [-0.25, -0.2) is 0 Å². The van der Waals surface area contributed by atoms with Gasteiger partial charge in [-0.1, -0.05) is 39.3 Å². The Morgan fingerprint density at radius 1 is 1.24 bits per heavy atom. The quantitative estimate of drug-likeness (QED) is 0.510. The first-order valence-electron chi connectivity index (χ1n) is 6.39. The summed E-state index contributed by atoms with van der Waals surface area (Å²) in [5, 5.41) is 0. The van der Waals surface area contributed by atoms with Crippen LogP contribution in [0.15, 0.2) is 29.2 Å². The van der Waals surface area contributed by atoms with E-state index in [1.54, 1.807) is 11.8 Å². The molecule has 0 atom stereocenters. The van der Waals surface area contributed by atoms with Crippen LogP contribution >= 0.6 is 11.8 Å². The van der Waals surface area contributed by atoms with Crippen LogP contribution in [0.5, 0.6) is 0 Å². The van der Waals surface area contributed by atoms with Crippen molar-refractivity contribution in [3.05, 3.63) is 29.8 Å². The molecule has 1 aromatic carbocycles. The predicted molar refractivity (Wildman–Crippen MR) is 75.9 cm³/mol. The maximum atomic E-state index is 11.9. The van der Waals surface area contributed by atoms with Gasteiger partial charge in [0.15, 0.2) is 5.78 Å². The Bertz CT molecular complexity index is 340. The Hall–Kier alpha value is -0.760. The van der Waals surface area contributed by atoms with Crippen LogP contribution in [0.2, 0.25) is 0 Å². The predicted octanol–water partition coefficient (Wildman–Crippen LogP) is 4.81. The second kappa shape index (κ2) is 7.54. The van der Waals surface area contributed by atoms with Gasteiger partial charge in [0.25, 0.3) is 0 Å². The van der Waals surface area contributed by atoms with Crippen molar-refractivity contribution in [1.82, 2.24) is 0 Å². The summed E-state index contributed by atoms with van der Waals surface area (Å²) in [6.07, 6.45) is 2.82. The van der Waals surface area contributed by atoms with Gasteiger partial charge in [0.2, 0.25) is 0 Å². The molecule has 0 amide bonds. The molecule has 0 aromatic heterocycles. The molecular weight excluding hydrogens is 228 g/mol. The molecule has 0 saturated carbocycles. The third-order valence-corrected chi connectivity index (χ3v) is 3.57. The van der Waals surface area contributed by atoms with E-state index in [1.165, 1.54) is 4.90 Å². The van der Waals surface area contributed by atoms with Gasteiger partial charge < -0.3 is 0 Å². The molecule has 0 fully saturated rings. The van der Waals surface area contributed by atoms with Crippen LogP contribution in [0.4, 0.5) is 0 Å². The van der Waals surface area contributed by atoms with Crippen molar-refractivity contribution in [3.63, 3.8) is 0 Å². The molecule has 0 aliphatic carbocycles. The average molecular weight is 250 g/mol. The zero-order chi connectivity index (χ0) is 12.7. The first-order chi connectivity index (χ1) is 8.13. The van der Waals surface area contributed by atoms with Crippen molar-refractivity contribution in [2.24, 2.45) is 5.92 Å². The lowest BCUT2D eigenvalue weighted by Gasteiger charge is -2.05. The molecule has 0 unspecified atom stereocenters. The van der Waals surface area contributed by atoms with E-state index in [0.29, 0.717) is 12.3 Å². The van der Waals surface area contributed by atoms with Crippen LogP contribution in [0, 0.1) is 5.92 Å². The average Bonchev–Trinajstić information content (AvgIpc) is 2.30. The van der Waals surface area contributed by atoms with Crippen molar-refractivity contribution < 1.29 is 4.79 Å². The summed E-state index contributed by atoms with van der Waals surface area (Å²) in [6.45, 7) is 6.53. The van der Waals surface area contributed by atoms with Crippen LogP contribution in [0.3, 0.4) is 0 Å². The number of benzene rings is 1. The second-order valence-electron chi connectivity index (χ2n) is 4.67. The number of hydrogen-bond donors (Lipinski definition) is 0. The molecule has 0 radical (unpaired) electrons. The highest BCUT2D eigenvalue weighted by Crippen LogP contribution is 2.19. The van der Waals surface area contributed by atoms with Crippen LogP contribution in [0.1, 0.15) is 50.4 Å². The highest BCUT2D eigenvalue weighted by Gasteiger charge is 2.06. The molecule has 0 saturated heterocycles. The molecule has 1 rings (SSSR count). The van der Waals surface area contributed by atoms with Crippen molar-refractivity contribution in [3.8, 4) is 0 Å². The Balaban J connectivity index is 2.46. The van der Waals surface area contributed by atoms with E-state index in [9.17, 15) is 4.79 Å². The molecule has 94 valence electrons. The molecule has 0 N–H and O–H groups in total. The fraction of sp³-hybridized carbons (Fsp3) is 0.533. The van der Waals surface area contributed by atoms with E-state index in [-0.39, 0.29) is 5.78 Å². The Morgan fingerprint density at radius 3 is 2.41 bits per heavy atom. The SMILES string of the molecule is CCSc1ccc(C(=O)CCCC(C)C)cc1. The number of thioether (sulfide) groups is 1. The smallest absolute Gasteiger partial charge is 0.162 e. The van der Waals surface area contributed by atoms with E-state index in [2.05, 4.69) is 20.8 Å². The number of rotatable bonds is 7. The minimum atomic E-state index is 0.277. The molecule has 0 bridgehead atoms. The number of carbonyl (C=O) groups is 1. The van der Waals surface area contributed by atoms with Gasteiger partial charge in [-0.2, -0.15) is 0 Å². The monoisotopic (exact) mass is 250 g/mol. The van der Waals surface area contributed by atoms with Gasteiger partial charge in [0.05, 0.1) is 0 Å². The molecule has 0 heterocycles. The maximum Gasteiger partial charge on any atom is 0.162 e. The first kappa shape index (κ1) is 14.3. The Labute approximate surface area is 109 Å². The lowest BCUT2D eigenvalue weighted by Crippen LogP contribution is -1.99. The summed E-state index contributed by atoms with van der Waals surface area (Å²) in [5.74, 6) is 2.03. The van der Waals surface area contributed by atoms with E-state index < -0.39 is 0 Å². The van der Waals surface area contributed by atoms with E-state index >= 15 is 0 Å². The standard InChI is InChI=1S/C15H22OS/c1-4-17-14-10-8-13(9-11-14)15(16)7-5-6-12(2)3/h8-12H,4-7H2,1-3H3. The number of ketones is 1. The lowest BCUT2D eigenvalue weighted by atomic mass is 10.0. The lowest BCUT2D eigenvalue weighted by molar-refractivity contribution is 0.0978. The largest absolute Gasteiger partial charge is 0.294 e. The van der Waals surface area contributed by atoms with E-state index in [4.69, 9.17) is 0 Å². The molecule has 17 heavy (non-hydrogen) atoms. The van der Waals surface area contributed by atoms with Crippen molar-refractivity contribution in [2.75, 3.05) is 5.75 Å². The van der Waals surface area contributed by atoms with Gasteiger partial charge in [0.1, 0.15) is 0 Å². The highest BCUT2D eigenvalue weighted by atomic mass is 32.2. The maximum absolute atomic E-state index is 11.9. The molecular formula is C15H22OS. The van der Waals surface area contributed by atoms with Gasteiger partial charge in [-0.15, -0.1) is 11.8 Å². The third kappa shape index (κ3) is 5.40. The first-order valence-corrected chi connectivity index (χ1v) is 7.38. The summed E-state index contributed by atoms with van der Waals surface area (Å²) in [4.78, 5) is 13.1. The third-order valence-electron chi connectivity index (χ3n) is 2.67. The van der Waals surface area contributed by atoms with Gasteiger partial charge in [0, 0.05) is 16.9 Å². The number of hydrogen-bond acceptors (Lipinski definition) is 2. The molecule has 1 nitrogen and oxygen atoms in total. The summed E-state index contributed by atoms with van der Waals surface area (Å²) in [5.41, 5.74) is 0.856. The Kier molecular flexibility index (Phi) is 6.35. The molecule has 2 heteroatoms. The number of carbonyl (C=O) groups excluding carboxylic acids is 1. The Morgan fingerprint density at radius 2 is 1.88 bits per heavy atom. The molecule has 0 aliphatic rings. The summed E-state index contributed by atoms with van der Waals surface area (Å²) in [6, 6.07) is 8.00. The van der Waals surface area contributed by atoms with Crippen molar-refractivity contribution >= 4 is 17.5 Å². The van der Waals surface area contributed by atoms with Crippen LogP contribution in [-0.2, 0) is 0 Å². The zero-order valence-corrected chi connectivity index (χ0v) is 11.8.